The molecule has 1 aliphatic carbocycles. The Bertz CT molecular complexity index is 206. The number of nitrogens with two attached hydrogens (primary N) is 2. The molecule has 0 radical (unpaired) electrons. The average molecular weight is 175 g/mol. The van der Waals surface area contributed by atoms with Gasteiger partial charge in [0.15, 0.2) is 5.96 Å². The molecule has 64 valence electrons. The lowest BCUT2D eigenvalue weighted by atomic mass is 10.4. The van der Waals surface area contributed by atoms with Crippen LogP contribution >= 0.6 is 0 Å². The predicted molar refractivity (Wildman–Crippen MR) is 46.7 cm³/mol. The van der Waals surface area contributed by atoms with Crippen molar-refractivity contribution in [2.24, 2.45) is 16.5 Å². The molecule has 0 aromatic heterocycles. The lowest BCUT2D eigenvalue weighted by Crippen LogP contribution is -2.27. The molecule has 5 heteroatoms. The summed E-state index contributed by atoms with van der Waals surface area (Å²) in [5.41, 5.74) is 10.3. The molecule has 0 amide bonds. The highest BCUT2D eigenvalue weighted by Gasteiger charge is 2.46. The third-order valence-corrected chi connectivity index (χ3v) is 3.72. The molecular weight excluding hydrogens is 162 g/mol. The molecule has 1 fully saturated rings. The quantitative estimate of drug-likeness (QED) is 0.434. The number of guanidine groups is 1. The number of hydrogen-bond donors (Lipinski definition) is 2. The van der Waals surface area contributed by atoms with Crippen molar-refractivity contribution < 1.29 is 4.21 Å². The predicted octanol–water partition coefficient (Wildman–Crippen LogP) is -0.829. The molecule has 0 aromatic carbocycles. The van der Waals surface area contributed by atoms with E-state index in [-0.39, 0.29) is 10.7 Å². The first-order valence-electron chi connectivity index (χ1n) is 3.46. The molecule has 1 saturated carbocycles. The van der Waals surface area contributed by atoms with Crippen molar-refractivity contribution in [2.45, 2.75) is 17.6 Å². The monoisotopic (exact) mass is 175 g/mol. The minimum Gasteiger partial charge on any atom is -0.370 e. The summed E-state index contributed by atoms with van der Waals surface area (Å²) in [6, 6.07) is 0. The Labute approximate surface area is 68.5 Å². The molecule has 0 bridgehead atoms. The molecule has 1 aliphatic rings. The van der Waals surface area contributed by atoms with Crippen LogP contribution in [-0.2, 0) is 10.8 Å². The Morgan fingerprint density at radius 2 is 2.18 bits per heavy atom. The summed E-state index contributed by atoms with van der Waals surface area (Å²) in [6.45, 7) is 0.512. The van der Waals surface area contributed by atoms with Crippen LogP contribution in [0.2, 0.25) is 0 Å². The van der Waals surface area contributed by atoms with Crippen molar-refractivity contribution in [3.05, 3.63) is 0 Å². The fourth-order valence-electron chi connectivity index (χ4n) is 0.911. The summed E-state index contributed by atoms with van der Waals surface area (Å²) in [7, 11) is -0.799. The minimum atomic E-state index is -0.799. The maximum absolute atomic E-state index is 11.1. The first kappa shape index (κ1) is 8.52. The molecule has 0 aliphatic heterocycles. The number of nitrogens with zero attached hydrogens (tertiary/aromatic N) is 1. The van der Waals surface area contributed by atoms with Crippen LogP contribution in [0, 0.1) is 0 Å². The number of hydrogen-bond acceptors (Lipinski definition) is 2. The second-order valence-electron chi connectivity index (χ2n) is 2.88. The summed E-state index contributed by atoms with van der Waals surface area (Å²) in [6.07, 6.45) is 3.66. The van der Waals surface area contributed by atoms with E-state index < -0.39 is 10.8 Å². The van der Waals surface area contributed by atoms with Crippen LogP contribution in [0.15, 0.2) is 4.99 Å². The van der Waals surface area contributed by atoms with Crippen LogP contribution in [0.25, 0.3) is 0 Å². The first-order chi connectivity index (χ1) is 5.07. The Hall–Kier alpha value is -0.580. The van der Waals surface area contributed by atoms with Crippen molar-refractivity contribution in [1.29, 1.82) is 0 Å². The SMILES string of the molecule is CS(=O)C1(CN=C(N)N)CC1. The van der Waals surface area contributed by atoms with Gasteiger partial charge in [-0.2, -0.15) is 0 Å². The van der Waals surface area contributed by atoms with Crippen molar-refractivity contribution in [2.75, 3.05) is 12.8 Å². The van der Waals surface area contributed by atoms with Gasteiger partial charge in [-0.25, -0.2) is 0 Å². The molecule has 0 heterocycles. The van der Waals surface area contributed by atoms with Gasteiger partial charge in [-0.05, 0) is 12.8 Å². The molecule has 0 saturated heterocycles. The lowest BCUT2D eigenvalue weighted by Gasteiger charge is -2.06. The summed E-state index contributed by atoms with van der Waals surface area (Å²) in [5.74, 6) is 0.0849. The molecule has 0 spiro atoms. The van der Waals surface area contributed by atoms with Crippen LogP contribution in [-0.4, -0.2) is 27.7 Å². The molecule has 1 atom stereocenters. The Kier molecular flexibility index (Phi) is 2.17. The van der Waals surface area contributed by atoms with Gasteiger partial charge in [-0.3, -0.25) is 9.20 Å². The first-order valence-corrected chi connectivity index (χ1v) is 5.01. The zero-order valence-corrected chi connectivity index (χ0v) is 7.36. The summed E-state index contributed by atoms with van der Waals surface area (Å²) < 4.78 is 11.0. The van der Waals surface area contributed by atoms with E-state index in [2.05, 4.69) is 4.99 Å². The molecule has 4 nitrogen and oxygen atoms in total. The van der Waals surface area contributed by atoms with E-state index in [4.69, 9.17) is 11.5 Å². The van der Waals surface area contributed by atoms with Crippen LogP contribution in [0.3, 0.4) is 0 Å². The second kappa shape index (κ2) is 2.81. The van der Waals surface area contributed by atoms with E-state index in [1.54, 1.807) is 6.26 Å². The topological polar surface area (TPSA) is 81.5 Å². The standard InChI is InChI=1S/C6H13N3OS/c1-11(10)6(2-3-6)4-9-5(7)8/h2-4H2,1H3,(H4,7,8,9). The van der Waals surface area contributed by atoms with Gasteiger partial charge in [0.25, 0.3) is 0 Å². The largest absolute Gasteiger partial charge is 0.370 e. The summed E-state index contributed by atoms with van der Waals surface area (Å²) >= 11 is 0. The van der Waals surface area contributed by atoms with E-state index in [9.17, 15) is 4.21 Å². The average Bonchev–Trinajstić information content (AvgIpc) is 2.63. The fraction of sp³-hybridized carbons (Fsp3) is 0.833. The minimum absolute atomic E-state index is 0.0849. The van der Waals surface area contributed by atoms with Gasteiger partial charge >= 0.3 is 0 Å². The Morgan fingerprint density at radius 3 is 2.45 bits per heavy atom. The van der Waals surface area contributed by atoms with Crippen molar-refractivity contribution in [3.8, 4) is 0 Å². The fourth-order valence-corrected chi connectivity index (χ4v) is 1.83. The summed E-state index contributed by atoms with van der Waals surface area (Å²) in [5, 5.41) is 0. The maximum Gasteiger partial charge on any atom is 0.185 e. The van der Waals surface area contributed by atoms with Crippen molar-refractivity contribution in [1.82, 2.24) is 0 Å². The smallest absolute Gasteiger partial charge is 0.185 e. The van der Waals surface area contributed by atoms with Gasteiger partial charge in [0.1, 0.15) is 0 Å². The molecule has 4 N–H and O–H groups in total. The van der Waals surface area contributed by atoms with E-state index >= 15 is 0 Å². The Balaban J connectivity index is 2.49. The van der Waals surface area contributed by atoms with E-state index in [0.29, 0.717) is 6.54 Å². The van der Waals surface area contributed by atoms with E-state index in [1.807, 2.05) is 0 Å². The van der Waals surface area contributed by atoms with Gasteiger partial charge in [0.2, 0.25) is 0 Å². The highest BCUT2D eigenvalue weighted by Crippen LogP contribution is 2.41. The van der Waals surface area contributed by atoms with Gasteiger partial charge in [0, 0.05) is 17.1 Å². The van der Waals surface area contributed by atoms with E-state index in [1.165, 1.54) is 0 Å². The van der Waals surface area contributed by atoms with Crippen LogP contribution in [0.1, 0.15) is 12.8 Å². The number of aliphatic imine (C=N–C) groups is 1. The highest BCUT2D eigenvalue weighted by atomic mass is 32.2. The molecule has 11 heavy (non-hydrogen) atoms. The second-order valence-corrected chi connectivity index (χ2v) is 4.65. The summed E-state index contributed by atoms with van der Waals surface area (Å²) in [4.78, 5) is 3.86. The van der Waals surface area contributed by atoms with E-state index in [0.717, 1.165) is 12.8 Å². The molecular formula is C6H13N3OS. The zero-order chi connectivity index (χ0) is 8.48. The zero-order valence-electron chi connectivity index (χ0n) is 6.54. The third kappa shape index (κ3) is 1.92. The number of rotatable bonds is 3. The van der Waals surface area contributed by atoms with Gasteiger partial charge < -0.3 is 11.5 Å². The van der Waals surface area contributed by atoms with Crippen LogP contribution in [0.5, 0.6) is 0 Å². The van der Waals surface area contributed by atoms with Gasteiger partial charge in [-0.1, -0.05) is 0 Å². The molecule has 0 aromatic rings. The normalized spacial score (nSPS) is 22.3. The van der Waals surface area contributed by atoms with Crippen LogP contribution < -0.4 is 11.5 Å². The third-order valence-electron chi connectivity index (χ3n) is 1.97. The lowest BCUT2D eigenvalue weighted by molar-refractivity contribution is 0.672. The van der Waals surface area contributed by atoms with Crippen LogP contribution in [0.4, 0.5) is 0 Å². The molecule has 1 unspecified atom stereocenters. The maximum atomic E-state index is 11.1. The van der Waals surface area contributed by atoms with Gasteiger partial charge in [-0.15, -0.1) is 0 Å². The van der Waals surface area contributed by atoms with Crippen molar-refractivity contribution in [3.63, 3.8) is 0 Å². The Morgan fingerprint density at radius 1 is 1.64 bits per heavy atom. The van der Waals surface area contributed by atoms with Crippen molar-refractivity contribution >= 4 is 16.8 Å². The molecule has 1 rings (SSSR count). The van der Waals surface area contributed by atoms with Gasteiger partial charge in [0.05, 0.1) is 11.3 Å². The highest BCUT2D eigenvalue weighted by molar-refractivity contribution is 7.86.